The van der Waals surface area contributed by atoms with Gasteiger partial charge in [0.25, 0.3) is 0 Å². The van der Waals surface area contributed by atoms with E-state index in [1.54, 1.807) is 0 Å². The number of Topliss-reactive ketones (excluding diaryl/α,β-unsaturated/α-hetero) is 1. The van der Waals surface area contributed by atoms with Crippen molar-refractivity contribution >= 4 is 5.78 Å². The minimum absolute atomic E-state index is 0.0324. The largest absolute Gasteiger partial charge is 0.394 e. The lowest BCUT2D eigenvalue weighted by Crippen LogP contribution is -2.29. The van der Waals surface area contributed by atoms with Crippen LogP contribution in [0, 0.1) is 0 Å². The number of carbonyl (C=O) groups is 1. The van der Waals surface area contributed by atoms with Crippen LogP contribution in [-0.2, 0) is 4.79 Å². The Hall–Kier alpha value is -0.410. The molecule has 40 valence electrons. The van der Waals surface area contributed by atoms with Crippen LogP contribution in [0.4, 0.5) is 0 Å². The summed E-state index contributed by atoms with van der Waals surface area (Å²) in [6, 6.07) is 0. The van der Waals surface area contributed by atoms with Crippen molar-refractivity contribution in [2.45, 2.75) is 12.0 Å². The Balaban J connectivity index is 2.52. The third-order valence-electron chi connectivity index (χ3n) is 1.19. The van der Waals surface area contributed by atoms with Gasteiger partial charge < -0.3 is 10.8 Å². The molecule has 0 aliphatic heterocycles. The molecule has 1 saturated carbocycles. The van der Waals surface area contributed by atoms with Gasteiger partial charge >= 0.3 is 0 Å². The van der Waals surface area contributed by atoms with Crippen LogP contribution in [0.5, 0.6) is 0 Å². The topological polar surface area (TPSA) is 63.3 Å². The lowest BCUT2D eigenvalue weighted by atomic mass is 10.3. The normalized spacial score (nSPS) is 38.9. The molecule has 1 fully saturated rings. The summed E-state index contributed by atoms with van der Waals surface area (Å²) in [5, 5.41) is 8.29. The monoisotopic (exact) mass is 101 g/mol. The molecule has 3 N–H and O–H groups in total. The summed E-state index contributed by atoms with van der Waals surface area (Å²) >= 11 is 0. The molecule has 0 saturated heterocycles. The van der Waals surface area contributed by atoms with Crippen molar-refractivity contribution in [3.05, 3.63) is 0 Å². The average Bonchev–Trinajstić information content (AvgIpc) is 2.18. The Morgan fingerprint density at radius 3 is 2.43 bits per heavy atom. The van der Waals surface area contributed by atoms with E-state index >= 15 is 0 Å². The number of rotatable bonds is 1. The lowest BCUT2D eigenvalue weighted by Gasteiger charge is -1.94. The smallest absolute Gasteiger partial charge is 0.157 e. The van der Waals surface area contributed by atoms with Gasteiger partial charge in [-0.05, 0) is 0 Å². The molecule has 1 aliphatic rings. The highest BCUT2D eigenvalue weighted by Crippen LogP contribution is 2.25. The van der Waals surface area contributed by atoms with E-state index in [0.717, 1.165) is 0 Å². The number of aliphatic hydroxyl groups excluding tert-OH is 1. The first-order valence-electron chi connectivity index (χ1n) is 2.12. The molecule has 0 spiro atoms. The summed E-state index contributed by atoms with van der Waals surface area (Å²) in [5.41, 5.74) is 4.36. The number of aliphatic hydroxyl groups is 1. The molecule has 0 amide bonds. The fourth-order valence-electron chi connectivity index (χ4n) is 0.386. The Bertz CT molecular complexity index is 112. The van der Waals surface area contributed by atoms with E-state index in [0.29, 0.717) is 6.42 Å². The molecule has 0 heterocycles. The minimum Gasteiger partial charge on any atom is -0.394 e. The van der Waals surface area contributed by atoms with E-state index in [-0.39, 0.29) is 12.4 Å². The molecule has 1 atom stereocenters. The van der Waals surface area contributed by atoms with Gasteiger partial charge in [-0.3, -0.25) is 4.79 Å². The molecule has 0 aromatic carbocycles. The third kappa shape index (κ3) is 0.536. The molecule has 3 nitrogen and oxygen atoms in total. The first-order valence-corrected chi connectivity index (χ1v) is 2.12. The van der Waals surface area contributed by atoms with Gasteiger partial charge in [0.2, 0.25) is 0 Å². The SMILES string of the molecule is NC1(CO)CC1=O. The Kier molecular flexibility index (Phi) is 0.711. The zero-order chi connectivity index (χ0) is 5.49. The fourth-order valence-corrected chi connectivity index (χ4v) is 0.386. The molecule has 1 aliphatic carbocycles. The van der Waals surface area contributed by atoms with Crippen LogP contribution >= 0.6 is 0 Å². The van der Waals surface area contributed by atoms with Crippen molar-refractivity contribution in [3.8, 4) is 0 Å². The summed E-state index contributed by atoms with van der Waals surface area (Å²) in [6.45, 7) is -0.203. The minimum atomic E-state index is -0.833. The highest BCUT2D eigenvalue weighted by Gasteiger charge is 2.49. The standard InChI is InChI=1S/C4H7NO2/c5-4(2-6)1-3(4)7/h6H,1-2,5H2. The zero-order valence-corrected chi connectivity index (χ0v) is 3.85. The van der Waals surface area contributed by atoms with E-state index in [9.17, 15) is 4.79 Å². The summed E-state index contributed by atoms with van der Waals surface area (Å²) < 4.78 is 0. The Labute approximate surface area is 41.1 Å². The van der Waals surface area contributed by atoms with E-state index < -0.39 is 5.54 Å². The van der Waals surface area contributed by atoms with Crippen molar-refractivity contribution in [2.24, 2.45) is 5.73 Å². The highest BCUT2D eigenvalue weighted by atomic mass is 16.3. The fraction of sp³-hybridized carbons (Fsp3) is 0.750. The quantitative estimate of drug-likeness (QED) is 0.429. The number of carbonyl (C=O) groups excluding carboxylic acids is 1. The van der Waals surface area contributed by atoms with Crippen molar-refractivity contribution in [1.82, 2.24) is 0 Å². The summed E-state index contributed by atoms with van der Waals surface area (Å²) in [7, 11) is 0. The molecule has 0 aromatic rings. The van der Waals surface area contributed by atoms with Gasteiger partial charge in [0.15, 0.2) is 5.78 Å². The van der Waals surface area contributed by atoms with Crippen LogP contribution in [0.15, 0.2) is 0 Å². The van der Waals surface area contributed by atoms with Gasteiger partial charge in [0, 0.05) is 6.42 Å². The maximum absolute atomic E-state index is 10.2. The third-order valence-corrected chi connectivity index (χ3v) is 1.19. The Morgan fingerprint density at radius 1 is 2.00 bits per heavy atom. The van der Waals surface area contributed by atoms with Crippen LogP contribution in [0.3, 0.4) is 0 Å². The van der Waals surface area contributed by atoms with Gasteiger partial charge in [0.05, 0.1) is 6.61 Å². The average molecular weight is 101 g/mol. The molecule has 3 heteroatoms. The van der Waals surface area contributed by atoms with Crippen LogP contribution in [0.1, 0.15) is 6.42 Å². The second-order valence-corrected chi connectivity index (χ2v) is 1.91. The van der Waals surface area contributed by atoms with Gasteiger partial charge in [-0.15, -0.1) is 0 Å². The van der Waals surface area contributed by atoms with E-state index in [2.05, 4.69) is 0 Å². The molecule has 7 heavy (non-hydrogen) atoms. The molecule has 1 unspecified atom stereocenters. The van der Waals surface area contributed by atoms with Crippen molar-refractivity contribution in [1.29, 1.82) is 0 Å². The summed E-state index contributed by atoms with van der Waals surface area (Å²) in [6.07, 6.45) is 0.351. The van der Waals surface area contributed by atoms with Gasteiger partial charge in [0.1, 0.15) is 5.54 Å². The van der Waals surface area contributed by atoms with E-state index in [4.69, 9.17) is 10.8 Å². The van der Waals surface area contributed by atoms with Crippen molar-refractivity contribution < 1.29 is 9.90 Å². The van der Waals surface area contributed by atoms with Crippen LogP contribution in [-0.4, -0.2) is 23.0 Å². The van der Waals surface area contributed by atoms with Crippen molar-refractivity contribution in [3.63, 3.8) is 0 Å². The number of hydrogen-bond donors (Lipinski definition) is 2. The summed E-state index contributed by atoms with van der Waals surface area (Å²) in [5.74, 6) is -0.0324. The molecule has 0 aromatic heterocycles. The zero-order valence-electron chi connectivity index (χ0n) is 3.85. The number of nitrogens with two attached hydrogens (primary N) is 1. The van der Waals surface area contributed by atoms with Gasteiger partial charge in [-0.1, -0.05) is 0 Å². The van der Waals surface area contributed by atoms with E-state index in [1.807, 2.05) is 0 Å². The van der Waals surface area contributed by atoms with Crippen LogP contribution in [0.2, 0.25) is 0 Å². The molecule has 1 rings (SSSR count). The maximum Gasteiger partial charge on any atom is 0.157 e. The maximum atomic E-state index is 10.2. The van der Waals surface area contributed by atoms with Crippen LogP contribution in [0.25, 0.3) is 0 Å². The predicted octanol–water partition coefficient (Wildman–Crippen LogP) is -1.35. The van der Waals surface area contributed by atoms with Gasteiger partial charge in [-0.2, -0.15) is 0 Å². The predicted molar refractivity (Wildman–Crippen MR) is 23.6 cm³/mol. The van der Waals surface area contributed by atoms with E-state index in [1.165, 1.54) is 0 Å². The lowest BCUT2D eigenvalue weighted by molar-refractivity contribution is -0.111. The van der Waals surface area contributed by atoms with Gasteiger partial charge in [-0.25, -0.2) is 0 Å². The second-order valence-electron chi connectivity index (χ2n) is 1.91. The second kappa shape index (κ2) is 1.05. The number of hydrogen-bond acceptors (Lipinski definition) is 3. The Morgan fingerprint density at radius 2 is 2.43 bits per heavy atom. The number of ketones is 1. The molecular formula is C4H7NO2. The molecule has 0 radical (unpaired) electrons. The first kappa shape index (κ1) is 4.74. The molecule has 0 bridgehead atoms. The highest BCUT2D eigenvalue weighted by molar-refractivity contribution is 6.05. The first-order chi connectivity index (χ1) is 3.19. The summed E-state index contributed by atoms with van der Waals surface area (Å²) in [4.78, 5) is 10.2. The van der Waals surface area contributed by atoms with Crippen LogP contribution < -0.4 is 5.73 Å². The molecular weight excluding hydrogens is 94.0 g/mol. The van der Waals surface area contributed by atoms with Crippen molar-refractivity contribution in [2.75, 3.05) is 6.61 Å².